The third-order valence-corrected chi connectivity index (χ3v) is 4.25. The van der Waals surface area contributed by atoms with E-state index in [9.17, 15) is 35.1 Å². The highest BCUT2D eigenvalue weighted by atomic mass is 19.2. The van der Waals surface area contributed by atoms with E-state index < -0.39 is 75.4 Å². The zero-order chi connectivity index (χ0) is 21.5. The Balaban J connectivity index is 2.43. The van der Waals surface area contributed by atoms with Crippen molar-refractivity contribution in [2.24, 2.45) is 0 Å². The summed E-state index contributed by atoms with van der Waals surface area (Å²) in [5.41, 5.74) is -3.02. The van der Waals surface area contributed by atoms with Gasteiger partial charge in [-0.15, -0.1) is 0 Å². The van der Waals surface area contributed by atoms with E-state index in [4.69, 9.17) is 0 Å². The van der Waals surface area contributed by atoms with Crippen LogP contribution in [-0.2, 0) is 0 Å². The van der Waals surface area contributed by atoms with Gasteiger partial charge in [-0.3, -0.25) is 0 Å². The molecular weight excluding hydrogens is 407 g/mol. The third-order valence-electron chi connectivity index (χ3n) is 4.25. The van der Waals surface area contributed by atoms with Gasteiger partial charge < -0.3 is 4.74 Å². The molecule has 0 aliphatic rings. The Morgan fingerprint density at radius 3 is 1.34 bits per heavy atom. The first kappa shape index (κ1) is 20.7. The van der Waals surface area contributed by atoms with Crippen LogP contribution in [0.1, 0.15) is 0 Å². The highest BCUT2D eigenvalue weighted by Gasteiger charge is 2.36. The summed E-state index contributed by atoms with van der Waals surface area (Å²) in [7, 11) is 1.01. The topological polar surface area (TPSA) is 9.23 Å². The Morgan fingerprint density at radius 1 is 0.552 bits per heavy atom. The second kappa shape index (κ2) is 7.77. The monoisotopic (exact) mass is 416 g/mol. The molecule has 1 nitrogen and oxygen atoms in total. The quantitative estimate of drug-likeness (QED) is 0.469. The van der Waals surface area contributed by atoms with Crippen LogP contribution >= 0.6 is 0 Å². The minimum absolute atomic E-state index is 0.226. The first-order valence-electron chi connectivity index (χ1n) is 7.95. The van der Waals surface area contributed by atoms with E-state index in [1.807, 2.05) is 0 Å². The van der Waals surface area contributed by atoms with Gasteiger partial charge in [0.25, 0.3) is 6.71 Å². The summed E-state index contributed by atoms with van der Waals surface area (Å²) < 4.78 is 117. The highest BCUT2D eigenvalue weighted by molar-refractivity contribution is 6.95. The van der Waals surface area contributed by atoms with Gasteiger partial charge in [0.2, 0.25) is 0 Å². The smallest absolute Gasteiger partial charge is 0.260 e. The molecule has 0 radical (unpaired) electrons. The number of ether oxygens (including phenoxy) is 1. The van der Waals surface area contributed by atoms with Crippen molar-refractivity contribution in [3.63, 3.8) is 0 Å². The minimum atomic E-state index is -2.19. The van der Waals surface area contributed by atoms with Crippen LogP contribution in [0.25, 0.3) is 0 Å². The normalized spacial score (nSPS) is 10.9. The molecule has 0 aromatic heterocycles. The molecule has 0 spiro atoms. The average molecular weight is 416 g/mol. The molecule has 0 unspecified atom stereocenters. The SMILES string of the molecule is COc1cc(B(c2c(F)cc(F)cc2F)c2c(F)cc(F)cc2F)c(F)cc1F. The predicted molar refractivity (Wildman–Crippen MR) is 90.2 cm³/mol. The van der Waals surface area contributed by atoms with Crippen molar-refractivity contribution in [3.05, 3.63) is 82.9 Å². The van der Waals surface area contributed by atoms with Gasteiger partial charge in [-0.05, 0) is 11.5 Å². The molecule has 29 heavy (non-hydrogen) atoms. The van der Waals surface area contributed by atoms with Crippen molar-refractivity contribution in [2.75, 3.05) is 7.11 Å². The zero-order valence-electron chi connectivity index (χ0n) is 14.5. The van der Waals surface area contributed by atoms with E-state index >= 15 is 0 Å². The predicted octanol–water partition coefficient (Wildman–Crippen LogP) is 3.32. The Bertz CT molecular complexity index is 998. The highest BCUT2D eigenvalue weighted by Crippen LogP contribution is 2.18. The summed E-state index contributed by atoms with van der Waals surface area (Å²) in [6.07, 6.45) is 0. The maximum Gasteiger partial charge on any atom is 0.260 e. The lowest BCUT2D eigenvalue weighted by molar-refractivity contribution is 0.385. The van der Waals surface area contributed by atoms with Crippen molar-refractivity contribution in [1.82, 2.24) is 0 Å². The molecule has 0 heterocycles. The van der Waals surface area contributed by atoms with Gasteiger partial charge in [0, 0.05) is 41.3 Å². The number of halogens is 8. The van der Waals surface area contributed by atoms with Crippen LogP contribution in [-0.4, -0.2) is 13.8 Å². The Labute approximate surface area is 159 Å². The Kier molecular flexibility index (Phi) is 5.54. The van der Waals surface area contributed by atoms with Gasteiger partial charge in [-0.25, -0.2) is 35.1 Å². The number of rotatable bonds is 4. The third kappa shape index (κ3) is 3.79. The summed E-state index contributed by atoms with van der Waals surface area (Å²) in [6.45, 7) is -2.19. The number of methoxy groups -OCH3 is 1. The van der Waals surface area contributed by atoms with Crippen LogP contribution in [0.15, 0.2) is 36.4 Å². The molecule has 0 amide bonds. The van der Waals surface area contributed by atoms with Gasteiger partial charge in [-0.1, -0.05) is 0 Å². The van der Waals surface area contributed by atoms with Crippen LogP contribution in [0.2, 0.25) is 0 Å². The zero-order valence-corrected chi connectivity index (χ0v) is 14.5. The number of benzene rings is 3. The lowest BCUT2D eigenvalue weighted by atomic mass is 9.36. The van der Waals surface area contributed by atoms with E-state index in [0.717, 1.165) is 7.11 Å². The fourth-order valence-electron chi connectivity index (χ4n) is 3.04. The molecule has 150 valence electrons. The van der Waals surface area contributed by atoms with E-state index in [1.165, 1.54) is 0 Å². The van der Waals surface area contributed by atoms with Crippen molar-refractivity contribution in [3.8, 4) is 5.75 Å². The largest absolute Gasteiger partial charge is 0.494 e. The first-order chi connectivity index (χ1) is 13.6. The van der Waals surface area contributed by atoms with Crippen LogP contribution in [0.3, 0.4) is 0 Å². The van der Waals surface area contributed by atoms with E-state index in [-0.39, 0.29) is 24.3 Å². The molecule has 3 aromatic rings. The molecule has 0 bridgehead atoms. The maximum atomic E-state index is 14.5. The second-order valence-corrected chi connectivity index (χ2v) is 6.01. The van der Waals surface area contributed by atoms with Crippen molar-refractivity contribution in [1.29, 1.82) is 0 Å². The van der Waals surface area contributed by atoms with Crippen molar-refractivity contribution < 1.29 is 39.9 Å². The molecular formula is C19H9BF8O. The number of hydrogen-bond acceptors (Lipinski definition) is 1. The van der Waals surface area contributed by atoms with E-state index in [2.05, 4.69) is 4.74 Å². The fourth-order valence-corrected chi connectivity index (χ4v) is 3.04. The Hall–Kier alpha value is -3.04. The summed E-state index contributed by atoms with van der Waals surface area (Å²) in [4.78, 5) is 0. The summed E-state index contributed by atoms with van der Waals surface area (Å²) in [6, 6.07) is 1.85. The standard InChI is InChI=1S/C19H9BF8O/c1-29-17-6-10(11(23)7-12(17)24)20(18-13(25)2-8(21)3-14(18)26)19-15(27)4-9(22)5-16(19)28/h2-7H,1H3. The second-order valence-electron chi connectivity index (χ2n) is 6.01. The average Bonchev–Trinajstić information content (AvgIpc) is 2.59. The summed E-state index contributed by atoms with van der Waals surface area (Å²) in [5, 5.41) is 0. The van der Waals surface area contributed by atoms with E-state index in [1.54, 1.807) is 0 Å². The summed E-state index contributed by atoms with van der Waals surface area (Å²) in [5.74, 6) is -12.2. The van der Waals surface area contributed by atoms with Gasteiger partial charge in [-0.2, -0.15) is 0 Å². The molecule has 0 saturated carbocycles. The molecule has 3 aromatic carbocycles. The first-order valence-corrected chi connectivity index (χ1v) is 7.95. The van der Waals surface area contributed by atoms with Crippen LogP contribution in [0, 0.1) is 46.5 Å². The lowest BCUT2D eigenvalue weighted by Gasteiger charge is -2.20. The van der Waals surface area contributed by atoms with Crippen LogP contribution in [0.4, 0.5) is 35.1 Å². The molecule has 0 aliphatic carbocycles. The molecule has 0 saturated heterocycles. The van der Waals surface area contributed by atoms with Crippen molar-refractivity contribution >= 4 is 23.1 Å². The molecule has 0 atom stereocenters. The van der Waals surface area contributed by atoms with Gasteiger partial charge in [0.15, 0.2) is 11.6 Å². The van der Waals surface area contributed by atoms with Crippen molar-refractivity contribution in [2.45, 2.75) is 0 Å². The molecule has 0 fully saturated rings. The molecule has 10 heteroatoms. The van der Waals surface area contributed by atoms with Gasteiger partial charge in [0.1, 0.15) is 40.7 Å². The maximum absolute atomic E-state index is 14.5. The molecule has 0 N–H and O–H groups in total. The van der Waals surface area contributed by atoms with Crippen LogP contribution in [0.5, 0.6) is 5.75 Å². The van der Waals surface area contributed by atoms with Gasteiger partial charge >= 0.3 is 0 Å². The van der Waals surface area contributed by atoms with Crippen LogP contribution < -0.4 is 21.1 Å². The fraction of sp³-hybridized carbons (Fsp3) is 0.0526. The number of hydrogen-bond donors (Lipinski definition) is 0. The minimum Gasteiger partial charge on any atom is -0.494 e. The lowest BCUT2D eigenvalue weighted by Crippen LogP contribution is -2.58. The van der Waals surface area contributed by atoms with E-state index in [0.29, 0.717) is 12.1 Å². The Morgan fingerprint density at radius 2 is 0.966 bits per heavy atom. The molecule has 0 aliphatic heterocycles. The summed E-state index contributed by atoms with van der Waals surface area (Å²) >= 11 is 0. The van der Waals surface area contributed by atoms with Gasteiger partial charge in [0.05, 0.1) is 7.11 Å². The molecule has 3 rings (SSSR count).